The topological polar surface area (TPSA) is 68.4 Å². The van der Waals surface area contributed by atoms with E-state index < -0.39 is 0 Å². The summed E-state index contributed by atoms with van der Waals surface area (Å²) in [6.07, 6.45) is 0.646. The summed E-state index contributed by atoms with van der Waals surface area (Å²) in [6.45, 7) is 0.475. The molecule has 2 aromatic heterocycles. The van der Waals surface area contributed by atoms with Crippen molar-refractivity contribution in [2.45, 2.75) is 6.42 Å². The highest BCUT2D eigenvalue weighted by atomic mass is 19.1. The molecule has 0 radical (unpaired) electrons. The van der Waals surface area contributed by atoms with E-state index in [2.05, 4.69) is 10.1 Å². The molecule has 0 saturated heterocycles. The fourth-order valence-corrected chi connectivity index (χ4v) is 2.79. The largest absolute Gasteiger partial charge is 0.493 e. The Morgan fingerprint density at radius 1 is 0.929 bits per heavy atom. The Hall–Kier alpha value is -3.67. The molecule has 4 aromatic rings. The predicted octanol–water partition coefficient (Wildman–Crippen LogP) is 4.87. The SMILES string of the molecule is Oc1cc(-c2ccc(OCCc3cccc(-c4ccc(F)cc4)n3)cc2)on1. The third kappa shape index (κ3) is 4.17. The molecule has 1 N–H and O–H groups in total. The van der Waals surface area contributed by atoms with E-state index in [9.17, 15) is 9.50 Å². The highest BCUT2D eigenvalue weighted by Crippen LogP contribution is 2.25. The first-order chi connectivity index (χ1) is 13.7. The maximum absolute atomic E-state index is 13.1. The van der Waals surface area contributed by atoms with Crippen molar-refractivity contribution in [3.8, 4) is 34.2 Å². The van der Waals surface area contributed by atoms with Gasteiger partial charge in [0, 0.05) is 29.3 Å². The minimum Gasteiger partial charge on any atom is -0.493 e. The number of benzene rings is 2. The maximum atomic E-state index is 13.1. The first-order valence-corrected chi connectivity index (χ1v) is 8.78. The van der Waals surface area contributed by atoms with Crippen molar-refractivity contribution >= 4 is 0 Å². The van der Waals surface area contributed by atoms with Gasteiger partial charge in [-0.3, -0.25) is 4.98 Å². The van der Waals surface area contributed by atoms with Gasteiger partial charge in [-0.25, -0.2) is 4.39 Å². The molecule has 0 spiro atoms. The van der Waals surface area contributed by atoms with E-state index in [0.717, 1.165) is 28.3 Å². The summed E-state index contributed by atoms with van der Waals surface area (Å²) in [5.41, 5.74) is 3.37. The Kier molecular flexibility index (Phi) is 5.01. The van der Waals surface area contributed by atoms with Gasteiger partial charge >= 0.3 is 0 Å². The summed E-state index contributed by atoms with van der Waals surface area (Å²) in [7, 11) is 0. The molecule has 4 rings (SSSR count). The lowest BCUT2D eigenvalue weighted by Crippen LogP contribution is -2.03. The second kappa shape index (κ2) is 7.92. The van der Waals surface area contributed by atoms with E-state index in [0.29, 0.717) is 18.8 Å². The van der Waals surface area contributed by atoms with Crippen LogP contribution in [0.2, 0.25) is 0 Å². The highest BCUT2D eigenvalue weighted by molar-refractivity contribution is 5.59. The zero-order valence-electron chi connectivity index (χ0n) is 14.9. The lowest BCUT2D eigenvalue weighted by molar-refractivity contribution is 0.320. The van der Waals surface area contributed by atoms with Crippen molar-refractivity contribution in [2.75, 3.05) is 6.61 Å². The molecule has 140 valence electrons. The number of aromatic hydroxyl groups is 1. The summed E-state index contributed by atoms with van der Waals surface area (Å²) in [5, 5.41) is 12.7. The van der Waals surface area contributed by atoms with Crippen molar-refractivity contribution in [1.29, 1.82) is 0 Å². The molecule has 2 aromatic carbocycles. The van der Waals surface area contributed by atoms with Gasteiger partial charge in [-0.05, 0) is 65.8 Å². The molecule has 0 aliphatic rings. The van der Waals surface area contributed by atoms with Crippen molar-refractivity contribution in [1.82, 2.24) is 10.1 Å². The minimum absolute atomic E-state index is 0.148. The van der Waals surface area contributed by atoms with Gasteiger partial charge in [-0.2, -0.15) is 0 Å². The molecule has 6 heteroatoms. The monoisotopic (exact) mass is 376 g/mol. The van der Waals surface area contributed by atoms with Gasteiger partial charge in [-0.1, -0.05) is 6.07 Å². The van der Waals surface area contributed by atoms with Crippen LogP contribution in [-0.4, -0.2) is 21.9 Å². The molecule has 0 atom stereocenters. The zero-order valence-corrected chi connectivity index (χ0v) is 14.9. The molecule has 0 amide bonds. The number of rotatable bonds is 6. The van der Waals surface area contributed by atoms with Crippen molar-refractivity contribution < 1.29 is 18.8 Å². The summed E-state index contributed by atoms with van der Waals surface area (Å²) >= 11 is 0. The zero-order chi connectivity index (χ0) is 19.3. The van der Waals surface area contributed by atoms with Gasteiger partial charge in [0.25, 0.3) is 5.88 Å². The van der Waals surface area contributed by atoms with Gasteiger partial charge < -0.3 is 14.4 Å². The van der Waals surface area contributed by atoms with Crippen LogP contribution in [0.1, 0.15) is 5.69 Å². The van der Waals surface area contributed by atoms with Crippen LogP contribution in [0.15, 0.2) is 77.3 Å². The molecule has 5 nitrogen and oxygen atoms in total. The molecule has 2 heterocycles. The van der Waals surface area contributed by atoms with Gasteiger partial charge in [0.2, 0.25) is 0 Å². The second-order valence-corrected chi connectivity index (χ2v) is 6.19. The number of hydrogen-bond acceptors (Lipinski definition) is 5. The summed E-state index contributed by atoms with van der Waals surface area (Å²) < 4.78 is 23.9. The maximum Gasteiger partial charge on any atom is 0.252 e. The van der Waals surface area contributed by atoms with Crippen LogP contribution in [0.25, 0.3) is 22.6 Å². The van der Waals surface area contributed by atoms with Crippen LogP contribution in [0, 0.1) is 5.82 Å². The molecular formula is C22H17FN2O3. The van der Waals surface area contributed by atoms with Crippen LogP contribution >= 0.6 is 0 Å². The number of hydrogen-bond donors (Lipinski definition) is 1. The quantitative estimate of drug-likeness (QED) is 0.520. The first-order valence-electron chi connectivity index (χ1n) is 8.78. The number of halogens is 1. The van der Waals surface area contributed by atoms with Crippen LogP contribution in [0.5, 0.6) is 11.6 Å². The lowest BCUT2D eigenvalue weighted by atomic mass is 10.1. The Bertz CT molecular complexity index is 1060. The second-order valence-electron chi connectivity index (χ2n) is 6.19. The Morgan fingerprint density at radius 3 is 2.39 bits per heavy atom. The molecule has 0 aliphatic carbocycles. The molecule has 0 fully saturated rings. The van der Waals surface area contributed by atoms with Gasteiger partial charge in [-0.15, -0.1) is 0 Å². The van der Waals surface area contributed by atoms with Crippen molar-refractivity contribution in [3.63, 3.8) is 0 Å². The standard InChI is InChI=1S/C22H17FN2O3/c23-17-8-4-15(5-9-17)20-3-1-2-18(24-20)12-13-27-19-10-6-16(7-11-19)21-14-22(26)25-28-21/h1-11,14H,12-13H2,(H,25,26). The summed E-state index contributed by atoms with van der Waals surface area (Å²) in [6, 6.07) is 20.8. The van der Waals surface area contributed by atoms with Crippen molar-refractivity contribution in [3.05, 3.63) is 84.3 Å². The van der Waals surface area contributed by atoms with Crippen LogP contribution in [-0.2, 0) is 6.42 Å². The van der Waals surface area contributed by atoms with Crippen molar-refractivity contribution in [2.24, 2.45) is 0 Å². The van der Waals surface area contributed by atoms with E-state index in [4.69, 9.17) is 9.26 Å². The molecular weight excluding hydrogens is 359 g/mol. The van der Waals surface area contributed by atoms with E-state index in [1.54, 1.807) is 12.1 Å². The minimum atomic E-state index is -0.264. The number of nitrogens with zero attached hydrogens (tertiary/aromatic N) is 2. The number of aromatic nitrogens is 2. The predicted molar refractivity (Wildman–Crippen MR) is 102 cm³/mol. The average molecular weight is 376 g/mol. The number of pyridine rings is 1. The van der Waals surface area contributed by atoms with Gasteiger partial charge in [0.15, 0.2) is 5.76 Å². The highest BCUT2D eigenvalue weighted by Gasteiger charge is 2.06. The van der Waals surface area contributed by atoms with Gasteiger partial charge in [0.05, 0.1) is 12.3 Å². The number of ether oxygens (including phenoxy) is 1. The summed E-state index contributed by atoms with van der Waals surface area (Å²) in [4.78, 5) is 4.61. The fraction of sp³-hybridized carbons (Fsp3) is 0.0909. The first kappa shape index (κ1) is 17.7. The third-order valence-corrected chi connectivity index (χ3v) is 4.21. The lowest BCUT2D eigenvalue weighted by Gasteiger charge is -2.08. The molecule has 0 saturated carbocycles. The van der Waals surface area contributed by atoms with E-state index >= 15 is 0 Å². The van der Waals surface area contributed by atoms with E-state index in [1.165, 1.54) is 18.2 Å². The molecule has 0 unspecified atom stereocenters. The van der Waals surface area contributed by atoms with Crippen LogP contribution < -0.4 is 4.74 Å². The Morgan fingerprint density at radius 2 is 1.68 bits per heavy atom. The van der Waals surface area contributed by atoms with E-state index in [1.807, 2.05) is 42.5 Å². The molecule has 28 heavy (non-hydrogen) atoms. The van der Waals surface area contributed by atoms with E-state index in [-0.39, 0.29) is 11.7 Å². The fourth-order valence-electron chi connectivity index (χ4n) is 2.79. The molecule has 0 aliphatic heterocycles. The smallest absolute Gasteiger partial charge is 0.252 e. The molecule has 0 bridgehead atoms. The Labute approximate surface area is 161 Å². The third-order valence-electron chi connectivity index (χ3n) is 4.21. The normalized spacial score (nSPS) is 10.8. The Balaban J connectivity index is 1.36. The average Bonchev–Trinajstić information content (AvgIpc) is 3.16. The van der Waals surface area contributed by atoms with Crippen LogP contribution in [0.3, 0.4) is 0 Å². The summed E-state index contributed by atoms with van der Waals surface area (Å²) in [5.74, 6) is 0.804. The van der Waals surface area contributed by atoms with Crippen LogP contribution in [0.4, 0.5) is 4.39 Å². The van der Waals surface area contributed by atoms with Gasteiger partial charge in [0.1, 0.15) is 11.6 Å².